The highest BCUT2D eigenvalue weighted by molar-refractivity contribution is 7.13. The zero-order valence-corrected chi connectivity index (χ0v) is 14.6. The molecule has 0 spiro atoms. The van der Waals surface area contributed by atoms with Crippen LogP contribution in [-0.4, -0.2) is 55.4 Å². The summed E-state index contributed by atoms with van der Waals surface area (Å²) in [5.74, 6) is 1.55. The van der Waals surface area contributed by atoms with Crippen molar-refractivity contribution < 1.29 is 4.74 Å². The quantitative estimate of drug-likeness (QED) is 0.893. The van der Waals surface area contributed by atoms with Gasteiger partial charge in [-0.05, 0) is 6.92 Å². The van der Waals surface area contributed by atoms with Gasteiger partial charge < -0.3 is 19.9 Å². The molecule has 0 amide bonds. The van der Waals surface area contributed by atoms with Gasteiger partial charge in [0.25, 0.3) is 0 Å². The number of anilines is 3. The summed E-state index contributed by atoms with van der Waals surface area (Å²) in [6.07, 6.45) is 1.84. The third kappa shape index (κ3) is 3.89. The van der Waals surface area contributed by atoms with E-state index in [-0.39, 0.29) is 0 Å². The predicted octanol–water partition coefficient (Wildman–Crippen LogP) is 1.76. The van der Waals surface area contributed by atoms with Crippen molar-refractivity contribution in [2.24, 2.45) is 0 Å². The number of nitrogens with zero attached hydrogens (tertiary/aromatic N) is 5. The number of ether oxygens (including phenoxy) is 1. The number of hydrogen-bond donors (Lipinski definition) is 1. The first-order valence-electron chi connectivity index (χ1n) is 7.65. The standard InChI is InChI=1S/C15H22N6OS/c1-11-8-16-14(19-13(11)20(2)3)17-9-12-10-23-15(18-12)21-4-6-22-7-5-21/h8,10H,4-7,9H2,1-3H3,(H,16,17,19). The van der Waals surface area contributed by atoms with Crippen LogP contribution < -0.4 is 15.1 Å². The largest absolute Gasteiger partial charge is 0.378 e. The van der Waals surface area contributed by atoms with Crippen LogP contribution in [0.3, 0.4) is 0 Å². The van der Waals surface area contributed by atoms with Gasteiger partial charge in [0.05, 0.1) is 25.5 Å². The molecule has 0 aromatic carbocycles. The van der Waals surface area contributed by atoms with Crippen LogP contribution in [0.5, 0.6) is 0 Å². The Balaban J connectivity index is 1.62. The number of hydrogen-bond acceptors (Lipinski definition) is 8. The average Bonchev–Trinajstić information content (AvgIpc) is 3.03. The van der Waals surface area contributed by atoms with Gasteiger partial charge in [0.15, 0.2) is 5.13 Å². The summed E-state index contributed by atoms with van der Waals surface area (Å²) in [6, 6.07) is 0. The molecular weight excluding hydrogens is 312 g/mol. The van der Waals surface area contributed by atoms with Crippen LogP contribution >= 0.6 is 11.3 Å². The fraction of sp³-hybridized carbons (Fsp3) is 0.533. The van der Waals surface area contributed by atoms with Crippen LogP contribution in [-0.2, 0) is 11.3 Å². The summed E-state index contributed by atoms with van der Waals surface area (Å²) in [5, 5.41) is 6.39. The molecule has 0 radical (unpaired) electrons. The molecule has 0 atom stereocenters. The summed E-state index contributed by atoms with van der Waals surface area (Å²) in [7, 11) is 3.96. The first-order chi connectivity index (χ1) is 11.1. The summed E-state index contributed by atoms with van der Waals surface area (Å²) in [6.45, 7) is 6.00. The van der Waals surface area contributed by atoms with E-state index in [1.165, 1.54) is 0 Å². The average molecular weight is 334 g/mol. The van der Waals surface area contributed by atoms with Gasteiger partial charge >= 0.3 is 0 Å². The number of thiazole rings is 1. The lowest BCUT2D eigenvalue weighted by Gasteiger charge is -2.26. The number of nitrogens with one attached hydrogen (secondary N) is 1. The van der Waals surface area contributed by atoms with Gasteiger partial charge in [0.2, 0.25) is 5.95 Å². The van der Waals surface area contributed by atoms with Gasteiger partial charge in [-0.2, -0.15) is 4.98 Å². The maximum atomic E-state index is 5.38. The third-order valence-corrected chi connectivity index (χ3v) is 4.57. The third-order valence-electron chi connectivity index (χ3n) is 3.62. The van der Waals surface area contributed by atoms with Crippen molar-refractivity contribution >= 4 is 28.2 Å². The smallest absolute Gasteiger partial charge is 0.224 e. The van der Waals surface area contributed by atoms with Crippen molar-refractivity contribution in [3.8, 4) is 0 Å². The van der Waals surface area contributed by atoms with Crippen LogP contribution in [0.2, 0.25) is 0 Å². The predicted molar refractivity (Wildman–Crippen MR) is 93.6 cm³/mol. The molecular formula is C15H22N6OS. The van der Waals surface area contributed by atoms with E-state index >= 15 is 0 Å². The zero-order valence-electron chi connectivity index (χ0n) is 13.7. The molecule has 0 saturated carbocycles. The van der Waals surface area contributed by atoms with Crippen molar-refractivity contribution in [3.63, 3.8) is 0 Å². The van der Waals surface area contributed by atoms with Gasteiger partial charge in [0, 0.05) is 44.3 Å². The minimum atomic E-state index is 0.622. The topological polar surface area (TPSA) is 66.4 Å². The molecule has 1 fully saturated rings. The fourth-order valence-electron chi connectivity index (χ4n) is 2.42. The Hall–Kier alpha value is -1.93. The van der Waals surface area contributed by atoms with Crippen molar-refractivity contribution in [2.45, 2.75) is 13.5 Å². The highest BCUT2D eigenvalue weighted by Crippen LogP contribution is 2.22. The van der Waals surface area contributed by atoms with Gasteiger partial charge in [0.1, 0.15) is 5.82 Å². The highest BCUT2D eigenvalue weighted by atomic mass is 32.1. The Morgan fingerprint density at radius 3 is 2.83 bits per heavy atom. The van der Waals surface area contributed by atoms with E-state index in [9.17, 15) is 0 Å². The normalized spacial score (nSPS) is 14.8. The van der Waals surface area contributed by atoms with Crippen LogP contribution in [0.1, 0.15) is 11.3 Å². The van der Waals surface area contributed by atoms with Crippen LogP contribution in [0.25, 0.3) is 0 Å². The molecule has 124 valence electrons. The molecule has 1 aliphatic rings. The van der Waals surface area contributed by atoms with E-state index in [0.717, 1.165) is 48.5 Å². The lowest BCUT2D eigenvalue weighted by atomic mass is 10.3. The second-order valence-corrected chi connectivity index (χ2v) is 6.51. The Morgan fingerprint density at radius 2 is 2.09 bits per heavy atom. The van der Waals surface area contributed by atoms with Crippen molar-refractivity contribution in [3.05, 3.63) is 22.8 Å². The molecule has 3 rings (SSSR count). The Morgan fingerprint density at radius 1 is 1.30 bits per heavy atom. The number of aryl methyl sites for hydroxylation is 1. The van der Waals surface area contributed by atoms with Gasteiger partial charge in [-0.15, -0.1) is 11.3 Å². The molecule has 2 aromatic heterocycles. The Labute approximate surface area is 140 Å². The molecule has 1 N–H and O–H groups in total. The minimum Gasteiger partial charge on any atom is -0.378 e. The minimum absolute atomic E-state index is 0.622. The van der Waals surface area contributed by atoms with Crippen molar-refractivity contribution in [2.75, 3.05) is 55.5 Å². The lowest BCUT2D eigenvalue weighted by molar-refractivity contribution is 0.122. The molecule has 1 aliphatic heterocycles. The Bertz CT molecular complexity index is 653. The summed E-state index contributed by atoms with van der Waals surface area (Å²) < 4.78 is 5.38. The second kappa shape index (κ2) is 7.10. The molecule has 1 saturated heterocycles. The SMILES string of the molecule is Cc1cnc(NCc2csc(N3CCOCC3)n2)nc1N(C)C. The molecule has 7 nitrogen and oxygen atoms in total. The van der Waals surface area contributed by atoms with Crippen molar-refractivity contribution in [1.29, 1.82) is 0 Å². The van der Waals surface area contributed by atoms with Crippen molar-refractivity contribution in [1.82, 2.24) is 15.0 Å². The highest BCUT2D eigenvalue weighted by Gasteiger charge is 2.14. The summed E-state index contributed by atoms with van der Waals surface area (Å²) >= 11 is 1.67. The maximum Gasteiger partial charge on any atom is 0.224 e. The molecule has 0 unspecified atom stereocenters. The first-order valence-corrected chi connectivity index (χ1v) is 8.53. The van der Waals surface area contributed by atoms with E-state index in [4.69, 9.17) is 4.74 Å². The van der Waals surface area contributed by atoms with Gasteiger partial charge in [-0.25, -0.2) is 9.97 Å². The molecule has 8 heteroatoms. The van der Waals surface area contributed by atoms with E-state index in [0.29, 0.717) is 12.5 Å². The van der Waals surface area contributed by atoms with Crippen LogP contribution in [0.15, 0.2) is 11.6 Å². The number of rotatable bonds is 5. The van der Waals surface area contributed by atoms with E-state index in [1.54, 1.807) is 11.3 Å². The maximum absolute atomic E-state index is 5.38. The van der Waals surface area contributed by atoms with Crippen LogP contribution in [0, 0.1) is 6.92 Å². The molecule has 0 aliphatic carbocycles. The fourth-order valence-corrected chi connectivity index (χ4v) is 3.30. The number of aromatic nitrogens is 3. The Kier molecular flexibility index (Phi) is 4.92. The van der Waals surface area contributed by atoms with Gasteiger partial charge in [-0.1, -0.05) is 0 Å². The first kappa shape index (κ1) is 15.9. The van der Waals surface area contributed by atoms with E-state index in [1.807, 2.05) is 32.1 Å². The second-order valence-electron chi connectivity index (χ2n) is 5.67. The van der Waals surface area contributed by atoms with Gasteiger partial charge in [-0.3, -0.25) is 0 Å². The van der Waals surface area contributed by atoms with E-state index < -0.39 is 0 Å². The zero-order chi connectivity index (χ0) is 16.2. The summed E-state index contributed by atoms with van der Waals surface area (Å²) in [5.41, 5.74) is 2.07. The number of morpholine rings is 1. The molecule has 0 bridgehead atoms. The monoisotopic (exact) mass is 334 g/mol. The van der Waals surface area contributed by atoms with E-state index in [2.05, 4.69) is 30.5 Å². The molecule has 2 aromatic rings. The lowest BCUT2D eigenvalue weighted by Crippen LogP contribution is -2.36. The molecule has 3 heterocycles. The summed E-state index contributed by atoms with van der Waals surface area (Å²) in [4.78, 5) is 17.8. The van der Waals surface area contributed by atoms with Crippen LogP contribution in [0.4, 0.5) is 16.9 Å². The molecule has 23 heavy (non-hydrogen) atoms.